The number of rotatable bonds is 1. The third kappa shape index (κ3) is 1.80. The van der Waals surface area contributed by atoms with Crippen LogP contribution < -0.4 is 5.32 Å². The number of hydrogen-bond donors (Lipinski definition) is 1. The smallest absolute Gasteiger partial charge is 0.205 e. The van der Waals surface area contributed by atoms with Crippen LogP contribution in [0.5, 0.6) is 0 Å². The van der Waals surface area contributed by atoms with Gasteiger partial charge in [-0.25, -0.2) is 4.98 Å². The highest BCUT2D eigenvalue weighted by atomic mass is 16.3. The normalized spacial score (nSPS) is 18.1. The van der Waals surface area contributed by atoms with Crippen LogP contribution in [0.1, 0.15) is 28.6 Å². The minimum absolute atomic E-state index is 0.162. The second-order valence-electron chi connectivity index (χ2n) is 5.21. The number of fused-ring (bicyclic) bond motifs is 2. The summed E-state index contributed by atoms with van der Waals surface area (Å²) in [5.41, 5.74) is 5.03. The molecule has 0 saturated carbocycles. The Morgan fingerprint density at radius 1 is 1.15 bits per heavy atom. The quantitative estimate of drug-likeness (QED) is 0.735. The molecule has 0 saturated heterocycles. The van der Waals surface area contributed by atoms with E-state index < -0.39 is 0 Å². The van der Waals surface area contributed by atoms with E-state index in [1.54, 1.807) is 0 Å². The van der Waals surface area contributed by atoms with Gasteiger partial charge in [-0.15, -0.1) is 0 Å². The van der Waals surface area contributed by atoms with E-state index in [-0.39, 0.29) is 5.92 Å². The summed E-state index contributed by atoms with van der Waals surface area (Å²) in [6.45, 7) is 3.72. The van der Waals surface area contributed by atoms with Crippen LogP contribution in [0.15, 0.2) is 40.8 Å². The molecule has 0 amide bonds. The molecule has 0 radical (unpaired) electrons. The van der Waals surface area contributed by atoms with Crippen molar-refractivity contribution in [2.24, 2.45) is 0 Å². The highest BCUT2D eigenvalue weighted by Crippen LogP contribution is 2.31. The third-order valence-corrected chi connectivity index (χ3v) is 3.80. The summed E-state index contributed by atoms with van der Waals surface area (Å²) in [6, 6.07) is 12.3. The number of aryl methyl sites for hydroxylation is 1. The van der Waals surface area contributed by atoms with Crippen LogP contribution in [0.25, 0.3) is 11.2 Å². The molecule has 100 valence electrons. The van der Waals surface area contributed by atoms with Gasteiger partial charge in [0.25, 0.3) is 0 Å². The molecule has 4 heteroatoms. The SMILES string of the molecule is Cc1ccc2oc(C3CNCc4ccccc43)nc2n1. The maximum absolute atomic E-state index is 5.91. The van der Waals surface area contributed by atoms with Crippen molar-refractivity contribution in [3.63, 3.8) is 0 Å². The van der Waals surface area contributed by atoms with E-state index in [0.29, 0.717) is 5.65 Å². The highest BCUT2D eigenvalue weighted by Gasteiger charge is 2.25. The van der Waals surface area contributed by atoms with Gasteiger partial charge >= 0.3 is 0 Å². The summed E-state index contributed by atoms with van der Waals surface area (Å²) in [5, 5.41) is 3.42. The molecule has 3 aromatic rings. The van der Waals surface area contributed by atoms with Gasteiger partial charge in [0.2, 0.25) is 5.89 Å². The van der Waals surface area contributed by atoms with Crippen molar-refractivity contribution >= 4 is 11.2 Å². The molecule has 1 aliphatic rings. The first-order valence-electron chi connectivity index (χ1n) is 6.84. The molecule has 0 aliphatic carbocycles. The minimum Gasteiger partial charge on any atom is -0.438 e. The fraction of sp³-hybridized carbons (Fsp3) is 0.250. The molecule has 0 fully saturated rings. The van der Waals surface area contributed by atoms with E-state index in [2.05, 4.69) is 39.6 Å². The maximum Gasteiger partial charge on any atom is 0.205 e. The molecule has 1 aliphatic heterocycles. The topological polar surface area (TPSA) is 51.0 Å². The van der Waals surface area contributed by atoms with E-state index in [4.69, 9.17) is 4.42 Å². The van der Waals surface area contributed by atoms with Crippen LogP contribution in [-0.4, -0.2) is 16.5 Å². The monoisotopic (exact) mass is 265 g/mol. The van der Waals surface area contributed by atoms with Crippen LogP contribution in [0.2, 0.25) is 0 Å². The van der Waals surface area contributed by atoms with Crippen molar-refractivity contribution in [3.05, 3.63) is 59.1 Å². The molecule has 20 heavy (non-hydrogen) atoms. The predicted molar refractivity (Wildman–Crippen MR) is 76.5 cm³/mol. The summed E-state index contributed by atoms with van der Waals surface area (Å²) < 4.78 is 5.91. The van der Waals surface area contributed by atoms with Crippen LogP contribution in [0.4, 0.5) is 0 Å². The summed E-state index contributed by atoms with van der Waals surface area (Å²) >= 11 is 0. The number of benzene rings is 1. The van der Waals surface area contributed by atoms with Gasteiger partial charge in [0.1, 0.15) is 0 Å². The third-order valence-electron chi connectivity index (χ3n) is 3.80. The molecule has 4 nitrogen and oxygen atoms in total. The molecule has 1 unspecified atom stereocenters. The Labute approximate surface area is 116 Å². The van der Waals surface area contributed by atoms with E-state index in [1.807, 2.05) is 19.1 Å². The van der Waals surface area contributed by atoms with Crippen molar-refractivity contribution in [1.82, 2.24) is 15.3 Å². The lowest BCUT2D eigenvalue weighted by atomic mass is 9.91. The van der Waals surface area contributed by atoms with Crippen LogP contribution in [-0.2, 0) is 6.54 Å². The standard InChI is InChI=1S/C16H15N3O/c1-10-6-7-14-15(18-10)19-16(20-14)13-9-17-8-11-4-2-3-5-12(11)13/h2-7,13,17H,8-9H2,1H3. The molecular formula is C16H15N3O. The number of aromatic nitrogens is 2. The summed E-state index contributed by atoms with van der Waals surface area (Å²) in [7, 11) is 0. The molecular weight excluding hydrogens is 250 g/mol. The average Bonchev–Trinajstić information content (AvgIpc) is 2.89. The van der Waals surface area contributed by atoms with E-state index in [9.17, 15) is 0 Å². The Hall–Kier alpha value is -2.20. The van der Waals surface area contributed by atoms with Crippen molar-refractivity contribution in [2.75, 3.05) is 6.54 Å². The lowest BCUT2D eigenvalue weighted by Crippen LogP contribution is -2.28. The molecule has 1 aromatic carbocycles. The Bertz CT molecular complexity index is 778. The van der Waals surface area contributed by atoms with E-state index >= 15 is 0 Å². The zero-order valence-electron chi connectivity index (χ0n) is 11.3. The largest absolute Gasteiger partial charge is 0.438 e. The van der Waals surface area contributed by atoms with Crippen LogP contribution >= 0.6 is 0 Å². The number of nitrogens with one attached hydrogen (secondary N) is 1. The van der Waals surface area contributed by atoms with E-state index in [1.165, 1.54) is 11.1 Å². The van der Waals surface area contributed by atoms with Gasteiger partial charge in [-0.1, -0.05) is 24.3 Å². The van der Waals surface area contributed by atoms with Gasteiger partial charge in [-0.3, -0.25) is 0 Å². The van der Waals surface area contributed by atoms with Gasteiger partial charge in [0.15, 0.2) is 11.2 Å². The fourth-order valence-corrected chi connectivity index (χ4v) is 2.80. The van der Waals surface area contributed by atoms with Crippen molar-refractivity contribution < 1.29 is 4.42 Å². The summed E-state index contributed by atoms with van der Waals surface area (Å²) in [6.07, 6.45) is 0. The van der Waals surface area contributed by atoms with Gasteiger partial charge in [0.05, 0.1) is 5.92 Å². The molecule has 2 aromatic heterocycles. The molecule has 4 rings (SSSR count). The first-order chi connectivity index (χ1) is 9.81. The maximum atomic E-state index is 5.91. The Kier molecular flexibility index (Phi) is 2.57. The first-order valence-corrected chi connectivity index (χ1v) is 6.84. The number of oxazole rings is 1. The van der Waals surface area contributed by atoms with Gasteiger partial charge < -0.3 is 9.73 Å². The highest BCUT2D eigenvalue weighted by molar-refractivity contribution is 5.68. The average molecular weight is 265 g/mol. The summed E-state index contributed by atoms with van der Waals surface area (Å²) in [4.78, 5) is 9.00. The Balaban J connectivity index is 1.84. The second-order valence-corrected chi connectivity index (χ2v) is 5.21. The number of hydrogen-bond acceptors (Lipinski definition) is 4. The lowest BCUT2D eigenvalue weighted by Gasteiger charge is -2.23. The van der Waals surface area contributed by atoms with Gasteiger partial charge in [-0.2, -0.15) is 4.98 Å². The predicted octanol–water partition coefficient (Wildman–Crippen LogP) is 2.77. The molecule has 3 heterocycles. The van der Waals surface area contributed by atoms with E-state index in [0.717, 1.165) is 30.3 Å². The van der Waals surface area contributed by atoms with Crippen molar-refractivity contribution in [3.8, 4) is 0 Å². The Morgan fingerprint density at radius 2 is 2.05 bits per heavy atom. The minimum atomic E-state index is 0.162. The lowest BCUT2D eigenvalue weighted by molar-refractivity contribution is 0.464. The molecule has 0 bridgehead atoms. The Morgan fingerprint density at radius 3 is 3.00 bits per heavy atom. The fourth-order valence-electron chi connectivity index (χ4n) is 2.80. The molecule has 1 atom stereocenters. The zero-order valence-corrected chi connectivity index (χ0v) is 11.3. The van der Waals surface area contributed by atoms with Crippen LogP contribution in [0, 0.1) is 6.92 Å². The second kappa shape index (κ2) is 4.42. The van der Waals surface area contributed by atoms with Gasteiger partial charge in [-0.05, 0) is 30.2 Å². The summed E-state index contributed by atoms with van der Waals surface area (Å²) in [5.74, 6) is 0.909. The van der Waals surface area contributed by atoms with Crippen LogP contribution in [0.3, 0.4) is 0 Å². The number of pyridine rings is 1. The number of nitrogens with zero attached hydrogens (tertiary/aromatic N) is 2. The molecule has 1 N–H and O–H groups in total. The van der Waals surface area contributed by atoms with Crippen molar-refractivity contribution in [1.29, 1.82) is 0 Å². The van der Waals surface area contributed by atoms with Gasteiger partial charge in [0, 0.05) is 18.8 Å². The zero-order chi connectivity index (χ0) is 13.5. The first kappa shape index (κ1) is 11.6. The van der Waals surface area contributed by atoms with Crippen molar-refractivity contribution in [2.45, 2.75) is 19.4 Å². The molecule has 0 spiro atoms.